The van der Waals surface area contributed by atoms with Crippen molar-refractivity contribution >= 4 is 11.2 Å². The lowest BCUT2D eigenvalue weighted by Crippen LogP contribution is -2.24. The van der Waals surface area contributed by atoms with Gasteiger partial charge in [-0.05, 0) is 40.0 Å². The molecule has 35 heavy (non-hydrogen) atoms. The van der Waals surface area contributed by atoms with Crippen LogP contribution in [0.1, 0.15) is 49.4 Å². The minimum Gasteiger partial charge on any atom is -0.317 e. The van der Waals surface area contributed by atoms with Gasteiger partial charge in [0, 0.05) is 18.0 Å². The summed E-state index contributed by atoms with van der Waals surface area (Å²) >= 11 is 0. The zero-order chi connectivity index (χ0) is 23.8. The quantitative estimate of drug-likeness (QED) is 0.362. The summed E-state index contributed by atoms with van der Waals surface area (Å²) in [5.74, 6) is 1.76. The van der Waals surface area contributed by atoms with Gasteiger partial charge in [-0.25, -0.2) is 14.9 Å². The van der Waals surface area contributed by atoms with E-state index < -0.39 is 11.2 Å². The highest BCUT2D eigenvalue weighted by Crippen LogP contribution is 2.34. The fraction of sp³-hybridized carbons (Fsp3) is 0.280. The molecule has 10 nitrogen and oxygen atoms in total. The minimum absolute atomic E-state index is 0.278. The third-order valence-corrected chi connectivity index (χ3v) is 6.77. The van der Waals surface area contributed by atoms with E-state index in [1.807, 2.05) is 28.8 Å². The molecule has 0 spiro atoms. The average Bonchev–Trinajstić information content (AvgIpc) is 3.54. The Morgan fingerprint density at radius 2 is 1.69 bits per heavy atom. The Morgan fingerprint density at radius 3 is 2.43 bits per heavy atom. The lowest BCUT2D eigenvalue weighted by Gasteiger charge is -2.22. The molecule has 3 aromatic heterocycles. The van der Waals surface area contributed by atoms with Crippen molar-refractivity contribution in [3.05, 3.63) is 80.8 Å². The van der Waals surface area contributed by atoms with E-state index in [0.29, 0.717) is 23.5 Å². The molecule has 0 saturated heterocycles. The van der Waals surface area contributed by atoms with Crippen LogP contribution in [0, 0.1) is 0 Å². The van der Waals surface area contributed by atoms with Crippen molar-refractivity contribution in [3.8, 4) is 22.5 Å². The van der Waals surface area contributed by atoms with Crippen molar-refractivity contribution in [2.45, 2.75) is 44.6 Å². The first-order chi connectivity index (χ1) is 17.2. The molecule has 1 aliphatic rings. The van der Waals surface area contributed by atoms with Gasteiger partial charge in [-0.15, -0.1) is 5.10 Å². The van der Waals surface area contributed by atoms with E-state index in [9.17, 15) is 9.59 Å². The largest absolute Gasteiger partial charge is 0.327 e. The Balaban J connectivity index is 1.38. The molecule has 5 aromatic rings. The summed E-state index contributed by atoms with van der Waals surface area (Å²) in [7, 11) is 0. The molecule has 3 heterocycles. The van der Waals surface area contributed by atoms with Gasteiger partial charge in [-0.3, -0.25) is 14.8 Å². The number of aromatic amines is 3. The summed E-state index contributed by atoms with van der Waals surface area (Å²) in [5, 5.41) is 14.3. The standard InChI is InChI=1S/C25H24N8O2/c34-24-20-22(27-25(35)28-24)26-23(17-6-2-1-3-7-17)33(20)14-15-10-12-16(13-11-15)18-8-4-5-9-19(18)21-29-31-32-30-21/h4-5,8-13,17H,1-3,6-7,14H2,(H2,27,28,34,35)(H,29,30,31,32). The van der Waals surface area contributed by atoms with E-state index in [-0.39, 0.29) is 5.92 Å². The zero-order valence-corrected chi connectivity index (χ0v) is 19.0. The first-order valence-corrected chi connectivity index (χ1v) is 11.8. The predicted octanol–water partition coefficient (Wildman–Crippen LogP) is 3.36. The van der Waals surface area contributed by atoms with Crippen molar-refractivity contribution < 1.29 is 0 Å². The van der Waals surface area contributed by atoms with Crippen molar-refractivity contribution in [3.63, 3.8) is 0 Å². The number of tetrazole rings is 1. The van der Waals surface area contributed by atoms with E-state index in [1.165, 1.54) is 6.42 Å². The number of hydrogen-bond donors (Lipinski definition) is 3. The number of benzene rings is 2. The second-order valence-electron chi connectivity index (χ2n) is 8.99. The van der Waals surface area contributed by atoms with Crippen molar-refractivity contribution in [2.75, 3.05) is 0 Å². The monoisotopic (exact) mass is 468 g/mol. The van der Waals surface area contributed by atoms with Gasteiger partial charge < -0.3 is 4.57 Å². The third kappa shape index (κ3) is 3.96. The van der Waals surface area contributed by atoms with Crippen molar-refractivity contribution in [1.29, 1.82) is 0 Å². The fourth-order valence-corrected chi connectivity index (χ4v) is 5.11. The summed E-state index contributed by atoms with van der Waals surface area (Å²) in [4.78, 5) is 34.4. The molecule has 2 aromatic carbocycles. The Hall–Kier alpha value is -4.34. The van der Waals surface area contributed by atoms with Crippen LogP contribution in [0.15, 0.2) is 58.1 Å². The molecule has 0 radical (unpaired) electrons. The molecule has 176 valence electrons. The Labute approximate surface area is 199 Å². The summed E-state index contributed by atoms with van der Waals surface area (Å²) < 4.78 is 1.98. The van der Waals surface area contributed by atoms with Crippen molar-refractivity contribution in [2.24, 2.45) is 0 Å². The van der Waals surface area contributed by atoms with Gasteiger partial charge in [0.1, 0.15) is 5.82 Å². The molecule has 0 atom stereocenters. The summed E-state index contributed by atoms with van der Waals surface area (Å²) in [6, 6.07) is 16.2. The average molecular weight is 469 g/mol. The van der Waals surface area contributed by atoms with Crippen LogP contribution >= 0.6 is 0 Å². The van der Waals surface area contributed by atoms with Crippen molar-refractivity contribution in [1.82, 2.24) is 40.1 Å². The summed E-state index contributed by atoms with van der Waals surface area (Å²) in [5.41, 5.74) is 3.82. The van der Waals surface area contributed by atoms with Gasteiger partial charge in [0.25, 0.3) is 5.56 Å². The number of rotatable bonds is 5. The molecule has 0 unspecified atom stereocenters. The zero-order valence-electron chi connectivity index (χ0n) is 19.0. The Kier molecular flexibility index (Phi) is 5.32. The van der Waals surface area contributed by atoms with E-state index in [4.69, 9.17) is 4.98 Å². The first-order valence-electron chi connectivity index (χ1n) is 11.8. The second kappa shape index (κ2) is 8.79. The van der Waals surface area contributed by atoms with Crippen LogP contribution in [0.4, 0.5) is 0 Å². The number of nitrogens with zero attached hydrogens (tertiary/aromatic N) is 5. The number of H-pyrrole nitrogens is 3. The van der Waals surface area contributed by atoms with Gasteiger partial charge in [0.15, 0.2) is 17.0 Å². The minimum atomic E-state index is -0.535. The number of fused-ring (bicyclic) bond motifs is 1. The number of imidazole rings is 1. The van der Waals surface area contributed by atoms with Crippen LogP contribution in [0.5, 0.6) is 0 Å². The smallest absolute Gasteiger partial charge is 0.317 e. The molecule has 1 saturated carbocycles. The lowest BCUT2D eigenvalue weighted by molar-refractivity contribution is 0.420. The molecular formula is C25H24N8O2. The fourth-order valence-electron chi connectivity index (χ4n) is 5.11. The highest BCUT2D eigenvalue weighted by molar-refractivity contribution is 5.80. The molecule has 0 bridgehead atoms. The SMILES string of the molecule is O=c1[nH]c(=O)c2c(nc(C3CCCCC3)n2Cc2ccc(-c3ccccc3-c3nnn[nH]3)cc2)[nH]1. The number of aromatic nitrogens is 8. The Morgan fingerprint density at radius 1 is 0.914 bits per heavy atom. The highest BCUT2D eigenvalue weighted by Gasteiger charge is 2.24. The van der Waals surface area contributed by atoms with E-state index in [0.717, 1.165) is 53.8 Å². The van der Waals surface area contributed by atoms with Gasteiger partial charge in [0.2, 0.25) is 0 Å². The normalized spacial score (nSPS) is 14.5. The summed E-state index contributed by atoms with van der Waals surface area (Å²) in [6.45, 7) is 0.491. The van der Waals surface area contributed by atoms with E-state index >= 15 is 0 Å². The molecular weight excluding hydrogens is 444 g/mol. The lowest BCUT2D eigenvalue weighted by atomic mass is 9.88. The van der Waals surface area contributed by atoms with Crippen LogP contribution in [0.25, 0.3) is 33.7 Å². The Bertz CT molecular complexity index is 1590. The van der Waals surface area contributed by atoms with Gasteiger partial charge >= 0.3 is 5.69 Å². The summed E-state index contributed by atoms with van der Waals surface area (Å²) in [6.07, 6.45) is 5.60. The second-order valence-corrected chi connectivity index (χ2v) is 8.99. The van der Waals surface area contributed by atoms with Gasteiger partial charge in [0.05, 0.1) is 0 Å². The first kappa shape index (κ1) is 21.2. The molecule has 1 fully saturated rings. The maximum absolute atomic E-state index is 12.7. The third-order valence-electron chi connectivity index (χ3n) is 6.77. The van der Waals surface area contributed by atoms with E-state index in [1.54, 1.807) is 0 Å². The molecule has 1 aliphatic carbocycles. The topological polar surface area (TPSA) is 138 Å². The number of hydrogen-bond acceptors (Lipinski definition) is 6. The number of nitrogens with one attached hydrogen (secondary N) is 3. The van der Waals surface area contributed by atoms with Crippen LogP contribution in [0.2, 0.25) is 0 Å². The maximum Gasteiger partial charge on any atom is 0.327 e. The van der Waals surface area contributed by atoms with Crippen LogP contribution in [0.3, 0.4) is 0 Å². The highest BCUT2D eigenvalue weighted by atomic mass is 16.2. The van der Waals surface area contributed by atoms with Gasteiger partial charge in [-0.2, -0.15) is 0 Å². The molecule has 3 N–H and O–H groups in total. The van der Waals surface area contributed by atoms with Crippen LogP contribution in [-0.4, -0.2) is 40.1 Å². The van der Waals surface area contributed by atoms with E-state index in [2.05, 4.69) is 54.9 Å². The van der Waals surface area contributed by atoms with Crippen LogP contribution < -0.4 is 11.2 Å². The molecule has 0 amide bonds. The molecule has 6 rings (SSSR count). The molecule has 10 heteroatoms. The predicted molar refractivity (Wildman–Crippen MR) is 131 cm³/mol. The molecule has 0 aliphatic heterocycles. The van der Waals surface area contributed by atoms with Gasteiger partial charge in [-0.1, -0.05) is 67.8 Å². The van der Waals surface area contributed by atoms with Crippen LogP contribution in [-0.2, 0) is 6.54 Å². The maximum atomic E-state index is 12.7.